The van der Waals surface area contributed by atoms with Crippen LogP contribution in [-0.4, -0.2) is 32.0 Å². The Morgan fingerprint density at radius 2 is 2.05 bits per heavy atom. The number of ketones is 1. The van der Waals surface area contributed by atoms with Gasteiger partial charge in [0.25, 0.3) is 0 Å². The lowest BCUT2D eigenvalue weighted by molar-refractivity contribution is 0.0917. The number of aromatic nitrogens is 1. The average Bonchev–Trinajstić information content (AvgIpc) is 2.89. The molecule has 0 saturated carbocycles. The van der Waals surface area contributed by atoms with E-state index in [-0.39, 0.29) is 17.3 Å². The Hall–Kier alpha value is -2.08. The van der Waals surface area contributed by atoms with Gasteiger partial charge >= 0.3 is 0 Å². The molecule has 2 aromatic rings. The zero-order valence-electron chi connectivity index (χ0n) is 10.3. The lowest BCUT2D eigenvalue weighted by Crippen LogP contribution is -2.12. The molecule has 0 radical (unpaired) electrons. The van der Waals surface area contributed by atoms with E-state index in [4.69, 9.17) is 4.74 Å². The van der Waals surface area contributed by atoms with Gasteiger partial charge in [-0.05, 0) is 30.3 Å². The molecular formula is C13H13NO4S. The van der Waals surface area contributed by atoms with Crippen LogP contribution in [0.3, 0.4) is 0 Å². The van der Waals surface area contributed by atoms with Gasteiger partial charge in [0.15, 0.2) is 16.4 Å². The van der Waals surface area contributed by atoms with Gasteiger partial charge < -0.3 is 9.72 Å². The van der Waals surface area contributed by atoms with E-state index in [2.05, 4.69) is 4.98 Å². The maximum atomic E-state index is 11.7. The summed E-state index contributed by atoms with van der Waals surface area (Å²) >= 11 is 0. The van der Waals surface area contributed by atoms with Crippen LogP contribution >= 0.6 is 0 Å². The first-order valence-corrected chi connectivity index (χ1v) is 7.45. The van der Waals surface area contributed by atoms with Crippen LogP contribution in [0.5, 0.6) is 5.75 Å². The molecule has 0 unspecified atom stereocenters. The highest BCUT2D eigenvalue weighted by Gasteiger charge is 2.10. The van der Waals surface area contributed by atoms with E-state index < -0.39 is 9.84 Å². The Morgan fingerprint density at radius 3 is 2.68 bits per heavy atom. The van der Waals surface area contributed by atoms with Gasteiger partial charge in [-0.3, -0.25) is 4.79 Å². The van der Waals surface area contributed by atoms with Crippen LogP contribution in [0.1, 0.15) is 10.5 Å². The Balaban J connectivity index is 2.06. The number of H-pyrrole nitrogens is 1. The van der Waals surface area contributed by atoms with E-state index in [1.165, 1.54) is 12.1 Å². The number of hydrogen-bond acceptors (Lipinski definition) is 4. The summed E-state index contributed by atoms with van der Waals surface area (Å²) in [6.07, 6.45) is 2.77. The van der Waals surface area contributed by atoms with Crippen molar-refractivity contribution in [2.75, 3.05) is 12.9 Å². The zero-order valence-corrected chi connectivity index (χ0v) is 11.1. The highest BCUT2D eigenvalue weighted by molar-refractivity contribution is 7.90. The minimum Gasteiger partial charge on any atom is -0.485 e. The summed E-state index contributed by atoms with van der Waals surface area (Å²) in [6, 6.07) is 9.43. The standard InChI is InChI=1S/C13H13NO4S/c1-19(16,17)11-5-2-4-10(8-11)18-9-13(15)12-6-3-7-14-12/h2-8,14H,9H2,1H3. The van der Waals surface area contributed by atoms with Crippen LogP contribution in [0.2, 0.25) is 0 Å². The number of aromatic amines is 1. The monoisotopic (exact) mass is 279 g/mol. The molecule has 0 spiro atoms. The summed E-state index contributed by atoms with van der Waals surface area (Å²) in [5, 5.41) is 0. The second-order valence-corrected chi connectivity index (χ2v) is 6.06. The molecule has 1 heterocycles. The molecular weight excluding hydrogens is 266 g/mol. The second kappa shape index (κ2) is 5.27. The van der Waals surface area contributed by atoms with Crippen molar-refractivity contribution in [1.82, 2.24) is 4.98 Å². The molecule has 0 aliphatic heterocycles. The maximum absolute atomic E-state index is 11.7. The van der Waals surface area contributed by atoms with Crippen molar-refractivity contribution in [2.45, 2.75) is 4.90 Å². The molecule has 1 aromatic carbocycles. The number of benzene rings is 1. The highest BCUT2D eigenvalue weighted by Crippen LogP contribution is 2.17. The first-order chi connectivity index (χ1) is 8.97. The zero-order chi connectivity index (χ0) is 13.9. The van der Waals surface area contributed by atoms with Crippen LogP contribution < -0.4 is 4.74 Å². The summed E-state index contributed by atoms with van der Waals surface area (Å²) in [6.45, 7) is -0.145. The molecule has 0 bridgehead atoms. The third-order valence-electron chi connectivity index (χ3n) is 2.50. The Bertz CT molecular complexity index is 674. The Kier molecular flexibility index (Phi) is 3.71. The topological polar surface area (TPSA) is 76.2 Å². The molecule has 0 fully saturated rings. The first kappa shape index (κ1) is 13.4. The molecule has 0 amide bonds. The third-order valence-corrected chi connectivity index (χ3v) is 3.61. The average molecular weight is 279 g/mol. The van der Waals surface area contributed by atoms with Crippen molar-refractivity contribution in [1.29, 1.82) is 0 Å². The Labute approximate surface area is 111 Å². The Morgan fingerprint density at radius 1 is 1.26 bits per heavy atom. The molecule has 100 valence electrons. The number of nitrogens with one attached hydrogen (secondary N) is 1. The van der Waals surface area contributed by atoms with Crippen molar-refractivity contribution >= 4 is 15.6 Å². The van der Waals surface area contributed by atoms with Crippen LogP contribution in [0.15, 0.2) is 47.5 Å². The van der Waals surface area contributed by atoms with Crippen molar-refractivity contribution in [3.8, 4) is 5.75 Å². The molecule has 0 aliphatic rings. The number of sulfone groups is 1. The summed E-state index contributed by atoms with van der Waals surface area (Å²) < 4.78 is 28.1. The van der Waals surface area contributed by atoms with Crippen molar-refractivity contribution in [3.63, 3.8) is 0 Å². The van der Waals surface area contributed by atoms with Crippen molar-refractivity contribution < 1.29 is 17.9 Å². The largest absolute Gasteiger partial charge is 0.485 e. The molecule has 0 saturated heterocycles. The number of Topliss-reactive ketones (excluding diaryl/α,β-unsaturated/α-hetero) is 1. The molecule has 19 heavy (non-hydrogen) atoms. The fraction of sp³-hybridized carbons (Fsp3) is 0.154. The molecule has 0 aliphatic carbocycles. The van der Waals surface area contributed by atoms with Crippen molar-refractivity contribution in [2.24, 2.45) is 0 Å². The molecule has 0 atom stereocenters. The lowest BCUT2D eigenvalue weighted by Gasteiger charge is -2.06. The van der Waals surface area contributed by atoms with Gasteiger partial charge in [0, 0.05) is 12.5 Å². The van der Waals surface area contributed by atoms with Crippen LogP contribution in [-0.2, 0) is 9.84 Å². The van der Waals surface area contributed by atoms with Gasteiger partial charge in [-0.25, -0.2) is 8.42 Å². The third kappa shape index (κ3) is 3.45. The summed E-state index contributed by atoms with van der Waals surface area (Å²) in [4.78, 5) is 14.6. The van der Waals surface area contributed by atoms with E-state index >= 15 is 0 Å². The fourth-order valence-electron chi connectivity index (χ4n) is 1.53. The number of ether oxygens (including phenoxy) is 1. The highest BCUT2D eigenvalue weighted by atomic mass is 32.2. The molecule has 5 nitrogen and oxygen atoms in total. The lowest BCUT2D eigenvalue weighted by atomic mass is 10.3. The number of carbonyl (C=O) groups excluding carboxylic acids is 1. The van der Waals surface area contributed by atoms with Gasteiger partial charge in [0.2, 0.25) is 5.78 Å². The van der Waals surface area contributed by atoms with E-state index in [1.54, 1.807) is 30.5 Å². The quantitative estimate of drug-likeness (QED) is 0.845. The summed E-state index contributed by atoms with van der Waals surface area (Å²) in [7, 11) is -3.28. The predicted molar refractivity (Wildman–Crippen MR) is 70.2 cm³/mol. The molecule has 1 N–H and O–H groups in total. The second-order valence-electron chi connectivity index (χ2n) is 4.04. The van der Waals surface area contributed by atoms with E-state index in [0.29, 0.717) is 11.4 Å². The minimum absolute atomic E-state index is 0.145. The van der Waals surface area contributed by atoms with E-state index in [0.717, 1.165) is 6.26 Å². The summed E-state index contributed by atoms with van der Waals surface area (Å²) in [5.74, 6) is 0.151. The number of rotatable bonds is 5. The normalized spacial score (nSPS) is 11.2. The van der Waals surface area contributed by atoms with Gasteiger partial charge in [-0.1, -0.05) is 6.07 Å². The maximum Gasteiger partial charge on any atom is 0.216 e. The van der Waals surface area contributed by atoms with Crippen LogP contribution in [0.25, 0.3) is 0 Å². The fourth-order valence-corrected chi connectivity index (χ4v) is 2.18. The van der Waals surface area contributed by atoms with Crippen molar-refractivity contribution in [3.05, 3.63) is 48.3 Å². The summed E-state index contributed by atoms with van der Waals surface area (Å²) in [5.41, 5.74) is 0.458. The molecule has 6 heteroatoms. The van der Waals surface area contributed by atoms with Gasteiger partial charge in [0.1, 0.15) is 5.75 Å². The molecule has 2 rings (SSSR count). The van der Waals surface area contributed by atoms with E-state index in [9.17, 15) is 13.2 Å². The van der Waals surface area contributed by atoms with Gasteiger partial charge in [0.05, 0.1) is 10.6 Å². The van der Waals surface area contributed by atoms with Gasteiger partial charge in [-0.2, -0.15) is 0 Å². The smallest absolute Gasteiger partial charge is 0.216 e. The van der Waals surface area contributed by atoms with Crippen LogP contribution in [0.4, 0.5) is 0 Å². The minimum atomic E-state index is -3.28. The van der Waals surface area contributed by atoms with Crippen LogP contribution in [0, 0.1) is 0 Å². The predicted octanol–water partition coefficient (Wildman–Crippen LogP) is 1.68. The number of carbonyl (C=O) groups is 1. The number of hydrogen-bond donors (Lipinski definition) is 1. The van der Waals surface area contributed by atoms with Gasteiger partial charge in [-0.15, -0.1) is 0 Å². The SMILES string of the molecule is CS(=O)(=O)c1cccc(OCC(=O)c2ccc[nH]2)c1. The first-order valence-electron chi connectivity index (χ1n) is 5.56. The molecule has 1 aromatic heterocycles. The van der Waals surface area contributed by atoms with E-state index in [1.807, 2.05) is 0 Å².